The molecular weight excluding hydrogens is 235 g/mol. The Morgan fingerprint density at radius 2 is 2.22 bits per heavy atom. The second kappa shape index (κ2) is 4.60. The predicted octanol–water partition coefficient (Wildman–Crippen LogP) is 2.16. The molecular formula is C13H13FN2O2. The minimum Gasteiger partial charge on any atom is -0.481 e. The Kier molecular flexibility index (Phi) is 3.14. The molecule has 0 saturated carbocycles. The van der Waals surface area contributed by atoms with Crippen LogP contribution in [0.15, 0.2) is 24.4 Å². The van der Waals surface area contributed by atoms with Gasteiger partial charge in [-0.3, -0.25) is 9.48 Å². The van der Waals surface area contributed by atoms with Gasteiger partial charge >= 0.3 is 5.97 Å². The highest BCUT2D eigenvalue weighted by atomic mass is 19.1. The van der Waals surface area contributed by atoms with Crippen molar-refractivity contribution in [2.45, 2.75) is 13.3 Å². The molecule has 5 heteroatoms. The van der Waals surface area contributed by atoms with Crippen molar-refractivity contribution in [3.8, 4) is 11.3 Å². The Morgan fingerprint density at radius 1 is 1.50 bits per heavy atom. The molecule has 18 heavy (non-hydrogen) atoms. The molecule has 2 aromatic rings. The maximum atomic E-state index is 13.2. The minimum atomic E-state index is -0.914. The molecule has 4 nitrogen and oxygen atoms in total. The van der Waals surface area contributed by atoms with Crippen molar-refractivity contribution in [3.05, 3.63) is 41.3 Å². The van der Waals surface area contributed by atoms with Gasteiger partial charge in [0.05, 0.1) is 12.1 Å². The molecule has 2 rings (SSSR count). The first-order valence-corrected chi connectivity index (χ1v) is 5.48. The third-order valence-corrected chi connectivity index (χ3v) is 2.68. The summed E-state index contributed by atoms with van der Waals surface area (Å²) in [4.78, 5) is 10.8. The first-order valence-electron chi connectivity index (χ1n) is 5.48. The highest BCUT2D eigenvalue weighted by Gasteiger charge is 2.13. The maximum Gasteiger partial charge on any atom is 0.307 e. The number of rotatable bonds is 3. The van der Waals surface area contributed by atoms with E-state index in [4.69, 9.17) is 5.11 Å². The fraction of sp³-hybridized carbons (Fsp3) is 0.231. The van der Waals surface area contributed by atoms with Crippen molar-refractivity contribution in [1.82, 2.24) is 9.78 Å². The van der Waals surface area contributed by atoms with Crippen LogP contribution < -0.4 is 0 Å². The van der Waals surface area contributed by atoms with E-state index in [-0.39, 0.29) is 12.2 Å². The van der Waals surface area contributed by atoms with Crippen molar-refractivity contribution in [2.75, 3.05) is 0 Å². The molecule has 0 fully saturated rings. The Hall–Kier alpha value is -2.17. The van der Waals surface area contributed by atoms with Gasteiger partial charge in [0.1, 0.15) is 5.82 Å². The molecule has 1 heterocycles. The summed E-state index contributed by atoms with van der Waals surface area (Å²) in [6, 6.07) is 4.64. The summed E-state index contributed by atoms with van der Waals surface area (Å²) in [5, 5.41) is 13.1. The van der Waals surface area contributed by atoms with Crippen molar-refractivity contribution < 1.29 is 14.3 Å². The van der Waals surface area contributed by atoms with Gasteiger partial charge in [0, 0.05) is 24.4 Å². The van der Waals surface area contributed by atoms with Gasteiger partial charge in [0.15, 0.2) is 0 Å². The predicted molar refractivity (Wildman–Crippen MR) is 64.7 cm³/mol. The zero-order chi connectivity index (χ0) is 13.3. The number of nitrogens with zero attached hydrogens (tertiary/aromatic N) is 2. The maximum absolute atomic E-state index is 13.2. The molecule has 0 saturated heterocycles. The number of benzene rings is 1. The van der Waals surface area contributed by atoms with Gasteiger partial charge in [-0.25, -0.2) is 4.39 Å². The van der Waals surface area contributed by atoms with Gasteiger partial charge in [-0.1, -0.05) is 0 Å². The van der Waals surface area contributed by atoms with E-state index < -0.39 is 5.97 Å². The van der Waals surface area contributed by atoms with Crippen molar-refractivity contribution in [1.29, 1.82) is 0 Å². The third kappa shape index (κ3) is 2.40. The Bertz CT molecular complexity index is 605. The van der Waals surface area contributed by atoms with Crippen molar-refractivity contribution in [3.63, 3.8) is 0 Å². The molecule has 0 atom stereocenters. The number of aryl methyl sites for hydroxylation is 2. The molecule has 1 aromatic carbocycles. The second-order valence-electron chi connectivity index (χ2n) is 4.21. The molecule has 0 amide bonds. The second-order valence-corrected chi connectivity index (χ2v) is 4.21. The number of carboxylic acid groups (broad SMARTS) is 1. The Labute approximate surface area is 104 Å². The number of halogens is 1. The lowest BCUT2D eigenvalue weighted by Gasteiger charge is -2.02. The smallest absolute Gasteiger partial charge is 0.307 e. The van der Waals surface area contributed by atoms with E-state index >= 15 is 0 Å². The number of aliphatic carboxylic acids is 1. The van der Waals surface area contributed by atoms with E-state index in [2.05, 4.69) is 5.10 Å². The topological polar surface area (TPSA) is 55.1 Å². The number of hydrogen-bond acceptors (Lipinski definition) is 2. The van der Waals surface area contributed by atoms with Gasteiger partial charge in [0.2, 0.25) is 0 Å². The van der Waals surface area contributed by atoms with Crippen LogP contribution in [0, 0.1) is 12.7 Å². The summed E-state index contributed by atoms with van der Waals surface area (Å²) < 4.78 is 14.8. The molecule has 0 unspecified atom stereocenters. The molecule has 0 spiro atoms. The number of carboxylic acids is 1. The lowest BCUT2D eigenvalue weighted by Crippen LogP contribution is -2.00. The van der Waals surface area contributed by atoms with Gasteiger partial charge in [0.25, 0.3) is 0 Å². The number of hydrogen-bond donors (Lipinski definition) is 1. The lowest BCUT2D eigenvalue weighted by atomic mass is 10.0. The molecule has 1 N–H and O–H groups in total. The SMILES string of the molecule is Cc1cc(-c2nn(C)cc2CC(=O)O)ccc1F. The van der Waals surface area contributed by atoms with Crippen molar-refractivity contribution >= 4 is 5.97 Å². The van der Waals surface area contributed by atoms with E-state index in [1.165, 1.54) is 6.07 Å². The largest absolute Gasteiger partial charge is 0.481 e. The molecule has 0 aliphatic heterocycles. The summed E-state index contributed by atoms with van der Waals surface area (Å²) in [6.07, 6.45) is 1.57. The first kappa shape index (κ1) is 12.3. The van der Waals surface area contributed by atoms with Crippen LogP contribution >= 0.6 is 0 Å². The summed E-state index contributed by atoms with van der Waals surface area (Å²) in [6.45, 7) is 1.67. The summed E-state index contributed by atoms with van der Waals surface area (Å²) in [7, 11) is 1.73. The Morgan fingerprint density at radius 3 is 2.83 bits per heavy atom. The van der Waals surface area contributed by atoms with Crippen LogP contribution in [0.3, 0.4) is 0 Å². The zero-order valence-electron chi connectivity index (χ0n) is 10.1. The van der Waals surface area contributed by atoms with Gasteiger partial charge in [-0.15, -0.1) is 0 Å². The molecule has 94 valence electrons. The van der Waals surface area contributed by atoms with Crippen molar-refractivity contribution in [2.24, 2.45) is 7.05 Å². The quantitative estimate of drug-likeness (QED) is 0.905. The third-order valence-electron chi connectivity index (χ3n) is 2.68. The zero-order valence-corrected chi connectivity index (χ0v) is 10.1. The summed E-state index contributed by atoms with van der Waals surface area (Å²) in [5.41, 5.74) is 2.45. The van der Waals surface area contributed by atoms with E-state index in [0.717, 1.165) is 5.56 Å². The standard InChI is InChI=1S/C13H13FN2O2/c1-8-5-9(3-4-11(8)14)13-10(6-12(17)18)7-16(2)15-13/h3-5,7H,6H2,1-2H3,(H,17,18). The van der Waals surface area contributed by atoms with Crippen LogP contribution in [0.5, 0.6) is 0 Å². The normalized spacial score (nSPS) is 10.6. The summed E-state index contributed by atoms with van der Waals surface area (Å²) >= 11 is 0. The molecule has 0 radical (unpaired) electrons. The van der Waals surface area contributed by atoms with Gasteiger partial charge in [-0.05, 0) is 30.7 Å². The first-order chi connectivity index (χ1) is 8.47. The van der Waals surface area contributed by atoms with Crippen LogP contribution in [0.4, 0.5) is 4.39 Å². The molecule has 0 aliphatic carbocycles. The highest BCUT2D eigenvalue weighted by Crippen LogP contribution is 2.24. The lowest BCUT2D eigenvalue weighted by molar-refractivity contribution is -0.136. The van der Waals surface area contributed by atoms with Crippen LogP contribution in [-0.4, -0.2) is 20.9 Å². The van der Waals surface area contributed by atoms with E-state index in [1.807, 2.05) is 0 Å². The fourth-order valence-electron chi connectivity index (χ4n) is 1.86. The minimum absolute atomic E-state index is 0.0976. The highest BCUT2D eigenvalue weighted by molar-refractivity contribution is 5.75. The van der Waals surface area contributed by atoms with Crippen LogP contribution in [0.2, 0.25) is 0 Å². The fourth-order valence-corrected chi connectivity index (χ4v) is 1.86. The van der Waals surface area contributed by atoms with Gasteiger partial charge in [-0.2, -0.15) is 5.10 Å². The van der Waals surface area contributed by atoms with Crippen LogP contribution in [0.25, 0.3) is 11.3 Å². The average Bonchev–Trinajstić information content (AvgIpc) is 2.62. The van der Waals surface area contributed by atoms with Crippen LogP contribution in [-0.2, 0) is 18.3 Å². The van der Waals surface area contributed by atoms with E-state index in [1.54, 1.807) is 37.0 Å². The van der Waals surface area contributed by atoms with E-state index in [9.17, 15) is 9.18 Å². The van der Waals surface area contributed by atoms with Crippen LogP contribution in [0.1, 0.15) is 11.1 Å². The average molecular weight is 248 g/mol. The van der Waals surface area contributed by atoms with Gasteiger partial charge < -0.3 is 5.11 Å². The molecule has 0 aliphatic rings. The monoisotopic (exact) mass is 248 g/mol. The number of aromatic nitrogens is 2. The number of carbonyl (C=O) groups is 1. The Balaban J connectivity index is 2.49. The molecule has 0 bridgehead atoms. The summed E-state index contributed by atoms with van der Waals surface area (Å²) in [5.74, 6) is -1.20. The van der Waals surface area contributed by atoms with E-state index in [0.29, 0.717) is 16.8 Å². The molecule has 1 aromatic heterocycles.